The van der Waals surface area contributed by atoms with Gasteiger partial charge >= 0.3 is 86.6 Å². The Morgan fingerprint density at radius 1 is 1.25 bits per heavy atom. The Morgan fingerprint density at radius 2 is 1.25 bits per heavy atom. The van der Waals surface area contributed by atoms with Crippen LogP contribution in [0.5, 0.6) is 0 Å². The van der Waals surface area contributed by atoms with Crippen LogP contribution < -0.4 is 0 Å². The smallest absolute Gasteiger partial charge is 1.00 e. The van der Waals surface area contributed by atoms with Gasteiger partial charge in [-0.05, 0) is 0 Å². The van der Waals surface area contributed by atoms with Crippen molar-refractivity contribution in [3.05, 3.63) is 0 Å². The van der Waals surface area contributed by atoms with E-state index in [1.807, 2.05) is 0 Å². The Kier molecular flexibility index (Phi) is 93.9. The molecule has 2 radical (unpaired) electrons. The predicted octanol–water partition coefficient (Wildman–Crippen LogP) is -0.695. The number of rotatable bonds is 0. The summed E-state index contributed by atoms with van der Waals surface area (Å²) < 4.78 is 0. The Morgan fingerprint density at radius 3 is 1.25 bits per heavy atom. The first-order valence-electron chi connectivity index (χ1n) is 0. The van der Waals surface area contributed by atoms with Crippen LogP contribution in [0.3, 0.4) is 0 Å². The second-order valence-electron chi connectivity index (χ2n) is 0. The molecule has 0 bridgehead atoms. The molecule has 0 N–H and O–H groups in total. The van der Waals surface area contributed by atoms with Crippen molar-refractivity contribution in [2.24, 2.45) is 0 Å². The molecule has 0 atom stereocenters. The van der Waals surface area contributed by atoms with Crippen molar-refractivity contribution in [1.29, 1.82) is 0 Å². The van der Waals surface area contributed by atoms with Crippen LogP contribution in [0.15, 0.2) is 0 Å². The van der Waals surface area contributed by atoms with Crippen LogP contribution >= 0.6 is 0 Å². The standard InChI is InChI=1S/Ba.Ca.Cu.Tl.4H/q2*+2;;;4*-1. The summed E-state index contributed by atoms with van der Waals surface area (Å²) in [6.45, 7) is 0. The van der Waals surface area contributed by atoms with Crippen LogP contribution in [0.2, 0.25) is 0 Å². The largest absolute Gasteiger partial charge is 2.00 e. The summed E-state index contributed by atoms with van der Waals surface area (Å²) in [5.41, 5.74) is 0. The van der Waals surface area contributed by atoms with Gasteiger partial charge < -0.3 is 5.71 Å². The first-order valence-corrected chi connectivity index (χ1v) is 0. The molecular formula is H4BaCaCuTl. The van der Waals surface area contributed by atoms with E-state index >= 15 is 0 Å². The molecule has 0 aromatic heterocycles. The van der Waals surface area contributed by atoms with Gasteiger partial charge in [-0.1, -0.05) is 0 Å². The van der Waals surface area contributed by atoms with Crippen molar-refractivity contribution in [1.82, 2.24) is 0 Å². The summed E-state index contributed by atoms with van der Waals surface area (Å²) in [6, 6.07) is 0. The molecule has 4 heavy (non-hydrogen) atoms. The minimum absolute atomic E-state index is 0. The molecule has 0 aliphatic heterocycles. The van der Waals surface area contributed by atoms with Gasteiger partial charge in [0.05, 0.1) is 0 Å². The third kappa shape index (κ3) is 9.55. The molecule has 4 heteroatoms. The van der Waals surface area contributed by atoms with Gasteiger partial charge in [0.15, 0.2) is 0 Å². The summed E-state index contributed by atoms with van der Waals surface area (Å²) in [5, 5.41) is 0. The minimum atomic E-state index is 0. The second-order valence-corrected chi connectivity index (χ2v) is 0. The quantitative estimate of drug-likeness (QED) is 0.430. The fourth-order valence-electron chi connectivity index (χ4n) is 0. The van der Waals surface area contributed by atoms with E-state index in [0.29, 0.717) is 0 Å². The molecule has 0 heterocycles. The van der Waals surface area contributed by atoms with Gasteiger partial charge in [0, 0.05) is 44.4 Å². The van der Waals surface area contributed by atoms with Gasteiger partial charge in [-0.15, -0.1) is 0 Å². The molecule has 0 fully saturated rings. The minimum Gasteiger partial charge on any atom is -1.00 e. The third-order valence-corrected chi connectivity index (χ3v) is 0. The zero-order chi connectivity index (χ0) is 0. The summed E-state index contributed by atoms with van der Waals surface area (Å²) in [7, 11) is 0. The second kappa shape index (κ2) is 15.7. The first kappa shape index (κ1) is 24.0. The fourth-order valence-corrected chi connectivity index (χ4v) is 0. The summed E-state index contributed by atoms with van der Waals surface area (Å²) in [5.74, 6) is 0. The van der Waals surface area contributed by atoms with Gasteiger partial charge in [0.25, 0.3) is 0 Å². The molecule has 0 spiro atoms. The molecule has 0 saturated heterocycles. The van der Waals surface area contributed by atoms with E-state index in [1.165, 1.54) is 0 Å². The van der Waals surface area contributed by atoms with E-state index in [0.717, 1.165) is 0 Å². The van der Waals surface area contributed by atoms with Crippen LogP contribution in [-0.4, -0.2) is 114 Å². The van der Waals surface area contributed by atoms with E-state index in [9.17, 15) is 0 Å². The van der Waals surface area contributed by atoms with Crippen LogP contribution in [0.1, 0.15) is 5.71 Å². The maximum absolute atomic E-state index is 0. The maximum atomic E-state index is 0. The summed E-state index contributed by atoms with van der Waals surface area (Å²) >= 11 is 0. The summed E-state index contributed by atoms with van der Waals surface area (Å²) in [4.78, 5) is 0. The normalized spacial score (nSPS) is 0. The van der Waals surface area contributed by atoms with E-state index in [-0.39, 0.29) is 137 Å². The van der Waals surface area contributed by atoms with Gasteiger partial charge in [0.1, 0.15) is 0 Å². The average molecular weight is 449 g/mol. The SMILES string of the molecule is [Ba+2].[Ca+2].[Cu].[H-].[H-].[H-].[H-].[Tl]. The van der Waals surface area contributed by atoms with E-state index in [1.54, 1.807) is 0 Å². The Hall–Kier alpha value is 4.27. The van der Waals surface area contributed by atoms with E-state index in [2.05, 4.69) is 0 Å². The first-order chi connectivity index (χ1) is 0. The van der Waals surface area contributed by atoms with Gasteiger partial charge in [-0.25, -0.2) is 0 Å². The molecule has 0 unspecified atom stereocenters. The fraction of sp³-hybridized carbons (Fsp3) is 0. The van der Waals surface area contributed by atoms with Crippen LogP contribution in [0, 0.1) is 0 Å². The third-order valence-electron chi connectivity index (χ3n) is 0. The molecule has 0 aliphatic carbocycles. The van der Waals surface area contributed by atoms with E-state index < -0.39 is 0 Å². The number of hydrogen-bond acceptors (Lipinski definition) is 0. The van der Waals surface area contributed by atoms with Crippen molar-refractivity contribution >= 4 is 114 Å². The zero-order valence-corrected chi connectivity index (χ0v) is 14.4. The van der Waals surface area contributed by atoms with Crippen molar-refractivity contribution in [3.63, 3.8) is 0 Å². The molecule has 0 aromatic carbocycles. The van der Waals surface area contributed by atoms with Crippen molar-refractivity contribution in [3.8, 4) is 0 Å². The van der Waals surface area contributed by atoms with E-state index in [4.69, 9.17) is 0 Å². The number of hydrogen-bond donors (Lipinski definition) is 0. The monoisotopic (exact) mass is 450 g/mol. The van der Waals surface area contributed by atoms with Crippen molar-refractivity contribution in [2.75, 3.05) is 0 Å². The Labute approximate surface area is 133 Å². The van der Waals surface area contributed by atoms with Crippen LogP contribution in [-0.2, 0) is 17.1 Å². The molecule has 0 saturated carbocycles. The molecule has 0 aliphatic rings. The van der Waals surface area contributed by atoms with Crippen LogP contribution in [0.4, 0.5) is 0 Å². The zero-order valence-electron chi connectivity index (χ0n) is 6.29. The van der Waals surface area contributed by atoms with Gasteiger partial charge in [-0.2, -0.15) is 0 Å². The molecular weight excluding hydrogens is 445 g/mol. The molecule has 0 aromatic rings. The molecule has 0 nitrogen and oxygen atoms in total. The molecule has 0 amide bonds. The molecule has 0 rings (SSSR count). The van der Waals surface area contributed by atoms with Gasteiger partial charge in [0.2, 0.25) is 0 Å². The van der Waals surface area contributed by atoms with Crippen molar-refractivity contribution in [2.45, 2.75) is 0 Å². The topological polar surface area (TPSA) is 0 Å². The maximum Gasteiger partial charge on any atom is 2.00 e. The van der Waals surface area contributed by atoms with Crippen LogP contribution in [0.25, 0.3) is 0 Å². The Balaban J connectivity index is 0. The average Bonchev–Trinajstić information content (AvgIpc) is 0. The summed E-state index contributed by atoms with van der Waals surface area (Å²) in [6.07, 6.45) is 0. The predicted molar refractivity (Wildman–Crippen MR) is 21.7 cm³/mol. The van der Waals surface area contributed by atoms with Gasteiger partial charge in [-0.3, -0.25) is 0 Å². The molecule has 22 valence electrons. The van der Waals surface area contributed by atoms with Crippen molar-refractivity contribution < 1.29 is 22.8 Å². The Bertz CT molecular complexity index is 16.0.